The first-order chi connectivity index (χ1) is 15.3. The summed E-state index contributed by atoms with van der Waals surface area (Å²) in [6.45, 7) is 11.7. The van der Waals surface area contributed by atoms with Crippen LogP contribution in [-0.4, -0.2) is 63.6 Å². The van der Waals surface area contributed by atoms with Crippen molar-refractivity contribution in [3.8, 4) is 0 Å². The van der Waals surface area contributed by atoms with Crippen molar-refractivity contribution < 1.29 is 23.8 Å². The van der Waals surface area contributed by atoms with Crippen LogP contribution in [0.4, 0.5) is 21.2 Å². The average Bonchev–Trinajstić information content (AvgIpc) is 3.29. The van der Waals surface area contributed by atoms with Crippen LogP contribution in [-0.2, 0) is 14.2 Å². The normalized spacial score (nSPS) is 20.3. The molecule has 0 aliphatic carbocycles. The van der Waals surface area contributed by atoms with Crippen molar-refractivity contribution in [3.63, 3.8) is 0 Å². The van der Waals surface area contributed by atoms with Crippen LogP contribution in [0.2, 0.25) is 0 Å². The highest BCUT2D eigenvalue weighted by atomic mass is 79.9. The summed E-state index contributed by atoms with van der Waals surface area (Å²) in [5.41, 5.74) is -0.939. The molecule has 2 fully saturated rings. The Morgan fingerprint density at radius 2 is 1.73 bits per heavy atom. The summed E-state index contributed by atoms with van der Waals surface area (Å²) < 4.78 is 17.4. The number of carbonyl (C=O) groups is 2. The van der Waals surface area contributed by atoms with Gasteiger partial charge in [-0.05, 0) is 70.0 Å². The van der Waals surface area contributed by atoms with Crippen LogP contribution in [0.15, 0.2) is 16.9 Å². The Balaban J connectivity index is 1.82. The Kier molecular flexibility index (Phi) is 5.98. The lowest BCUT2D eigenvalue weighted by Gasteiger charge is -2.29. The molecular weight excluding hydrogens is 494 g/mol. The Bertz CT molecular complexity index is 1070. The SMILES string of the molecule is CC(C)(C)OC(=O)N(C(=O)OC(C)(C)C)c1ncnc2c(Br)cc(N3C[C@@H]4C[C@H]3CO4)nc12. The van der Waals surface area contributed by atoms with E-state index in [-0.39, 0.29) is 23.5 Å². The summed E-state index contributed by atoms with van der Waals surface area (Å²) in [5, 5.41) is 0. The Labute approximate surface area is 200 Å². The van der Waals surface area contributed by atoms with Gasteiger partial charge in [0.05, 0.1) is 18.8 Å². The van der Waals surface area contributed by atoms with E-state index in [2.05, 4.69) is 30.8 Å². The van der Waals surface area contributed by atoms with Crippen molar-refractivity contribution in [1.29, 1.82) is 0 Å². The Hall–Kier alpha value is -2.53. The molecule has 2 aromatic rings. The maximum atomic E-state index is 13.1. The van der Waals surface area contributed by atoms with Crippen molar-refractivity contribution in [3.05, 3.63) is 16.9 Å². The molecular formula is C22H28BrN5O5. The van der Waals surface area contributed by atoms with E-state index in [1.165, 1.54) is 6.33 Å². The number of hydrogen-bond acceptors (Lipinski definition) is 9. The van der Waals surface area contributed by atoms with E-state index in [9.17, 15) is 9.59 Å². The monoisotopic (exact) mass is 521 g/mol. The fourth-order valence-corrected chi connectivity index (χ4v) is 4.32. The fraction of sp³-hybridized carbons (Fsp3) is 0.591. The van der Waals surface area contributed by atoms with Crippen LogP contribution < -0.4 is 9.80 Å². The molecule has 0 spiro atoms. The lowest BCUT2D eigenvalue weighted by Crippen LogP contribution is -2.44. The number of nitrogens with zero attached hydrogens (tertiary/aromatic N) is 5. The summed E-state index contributed by atoms with van der Waals surface area (Å²) >= 11 is 3.56. The predicted molar refractivity (Wildman–Crippen MR) is 125 cm³/mol. The number of rotatable bonds is 2. The minimum Gasteiger partial charge on any atom is -0.443 e. The van der Waals surface area contributed by atoms with Gasteiger partial charge >= 0.3 is 12.2 Å². The van der Waals surface area contributed by atoms with Gasteiger partial charge in [-0.25, -0.2) is 24.5 Å². The highest BCUT2D eigenvalue weighted by Gasteiger charge is 2.40. The molecule has 2 bridgehead atoms. The molecule has 10 nitrogen and oxygen atoms in total. The molecule has 0 saturated carbocycles. The summed E-state index contributed by atoms with van der Waals surface area (Å²) in [4.78, 5) is 42.6. The van der Waals surface area contributed by atoms with E-state index < -0.39 is 23.4 Å². The zero-order valence-corrected chi connectivity index (χ0v) is 21.2. The standard InChI is InChI=1S/C22H28BrN5O5/c1-21(2,3)32-19(29)28(20(30)33-22(4,5)6)18-17-16(24-11-25-18)14(23)8-15(26-17)27-9-13-7-12(27)10-31-13/h8,11-13H,7,9-10H2,1-6H3/t12-,13-/m0/s1. The first-order valence-corrected chi connectivity index (χ1v) is 11.6. The number of ether oxygens (including phenoxy) is 3. The highest BCUT2D eigenvalue weighted by molar-refractivity contribution is 9.10. The molecule has 2 aliphatic rings. The van der Waals surface area contributed by atoms with Crippen LogP contribution in [0.5, 0.6) is 0 Å². The highest BCUT2D eigenvalue weighted by Crippen LogP contribution is 2.36. The topological polar surface area (TPSA) is 107 Å². The minimum atomic E-state index is -0.909. The predicted octanol–water partition coefficient (Wildman–Crippen LogP) is 4.44. The molecule has 2 atom stereocenters. The van der Waals surface area contributed by atoms with Gasteiger partial charge in [-0.15, -0.1) is 0 Å². The zero-order chi connectivity index (χ0) is 24.1. The van der Waals surface area contributed by atoms with E-state index in [4.69, 9.17) is 19.2 Å². The van der Waals surface area contributed by atoms with Crippen molar-refractivity contribution in [2.45, 2.75) is 71.3 Å². The van der Waals surface area contributed by atoms with Crippen molar-refractivity contribution in [2.24, 2.45) is 0 Å². The van der Waals surface area contributed by atoms with Crippen LogP contribution >= 0.6 is 15.9 Å². The quantitative estimate of drug-likeness (QED) is 0.566. The van der Waals surface area contributed by atoms with E-state index in [1.807, 2.05) is 6.07 Å². The Morgan fingerprint density at radius 1 is 1.09 bits per heavy atom. The van der Waals surface area contributed by atoms with Crippen LogP contribution in [0, 0.1) is 0 Å². The number of carbonyl (C=O) groups excluding carboxylic acids is 2. The number of pyridine rings is 1. The zero-order valence-electron chi connectivity index (χ0n) is 19.6. The van der Waals surface area contributed by atoms with Gasteiger partial charge in [-0.3, -0.25) is 0 Å². The number of amides is 2. The van der Waals surface area contributed by atoms with E-state index in [0.29, 0.717) is 22.4 Å². The number of morpholine rings is 1. The van der Waals surface area contributed by atoms with Gasteiger partial charge in [-0.1, -0.05) is 0 Å². The molecule has 2 amide bonds. The van der Waals surface area contributed by atoms with E-state index >= 15 is 0 Å². The van der Waals surface area contributed by atoms with Crippen LogP contribution in [0.3, 0.4) is 0 Å². The Morgan fingerprint density at radius 3 is 2.24 bits per heavy atom. The molecule has 0 radical (unpaired) electrons. The molecule has 0 aromatic carbocycles. The molecule has 4 rings (SSSR count). The number of hydrogen-bond donors (Lipinski definition) is 0. The smallest absolute Gasteiger partial charge is 0.425 e. The van der Waals surface area contributed by atoms with Gasteiger partial charge in [0.2, 0.25) is 0 Å². The van der Waals surface area contributed by atoms with Gasteiger partial charge < -0.3 is 19.1 Å². The third kappa shape index (κ3) is 5.03. The lowest BCUT2D eigenvalue weighted by molar-refractivity contribution is 0.0429. The molecule has 2 aliphatic heterocycles. The van der Waals surface area contributed by atoms with E-state index in [1.54, 1.807) is 41.5 Å². The first-order valence-electron chi connectivity index (χ1n) is 10.8. The third-order valence-corrected chi connectivity index (χ3v) is 5.67. The lowest BCUT2D eigenvalue weighted by atomic mass is 10.2. The molecule has 0 N–H and O–H groups in total. The van der Waals surface area contributed by atoms with Crippen LogP contribution in [0.25, 0.3) is 11.0 Å². The van der Waals surface area contributed by atoms with Crippen LogP contribution in [0.1, 0.15) is 48.0 Å². The molecule has 33 heavy (non-hydrogen) atoms. The third-order valence-electron chi connectivity index (χ3n) is 5.07. The van der Waals surface area contributed by atoms with Gasteiger partial charge in [0.1, 0.15) is 34.4 Å². The molecule has 11 heteroatoms. The number of anilines is 2. The van der Waals surface area contributed by atoms with Crippen molar-refractivity contribution in [1.82, 2.24) is 15.0 Å². The molecule has 2 saturated heterocycles. The van der Waals surface area contributed by atoms with Gasteiger partial charge in [-0.2, -0.15) is 4.90 Å². The largest absolute Gasteiger partial charge is 0.443 e. The summed E-state index contributed by atoms with van der Waals surface area (Å²) in [6.07, 6.45) is 0.578. The molecule has 2 aromatic heterocycles. The fourth-order valence-electron chi connectivity index (χ4n) is 3.83. The number of halogens is 1. The number of imide groups is 1. The molecule has 178 valence electrons. The second-order valence-electron chi connectivity index (χ2n) is 10.2. The summed E-state index contributed by atoms with van der Waals surface area (Å²) in [7, 11) is 0. The van der Waals surface area contributed by atoms with Crippen molar-refractivity contribution in [2.75, 3.05) is 23.0 Å². The molecule has 0 unspecified atom stereocenters. The molecule has 4 heterocycles. The van der Waals surface area contributed by atoms with Crippen molar-refractivity contribution >= 4 is 50.8 Å². The summed E-state index contributed by atoms with van der Waals surface area (Å²) in [5.74, 6) is 0.682. The second-order valence-corrected chi connectivity index (χ2v) is 11.0. The maximum absolute atomic E-state index is 13.1. The number of fused-ring (bicyclic) bond motifs is 3. The first kappa shape index (κ1) is 23.6. The van der Waals surface area contributed by atoms with Gasteiger partial charge in [0, 0.05) is 11.0 Å². The second kappa shape index (κ2) is 8.35. The average molecular weight is 522 g/mol. The van der Waals surface area contributed by atoms with E-state index in [0.717, 1.165) is 17.9 Å². The summed E-state index contributed by atoms with van der Waals surface area (Å²) in [6, 6.07) is 2.11. The van der Waals surface area contributed by atoms with Gasteiger partial charge in [0.15, 0.2) is 5.82 Å². The minimum absolute atomic E-state index is 0.00773. The number of aromatic nitrogens is 3. The van der Waals surface area contributed by atoms with Gasteiger partial charge in [0.25, 0.3) is 0 Å². The maximum Gasteiger partial charge on any atom is 0.425 e.